The first-order chi connectivity index (χ1) is 9.34. The van der Waals surface area contributed by atoms with Crippen LogP contribution in [0.15, 0.2) is 27.6 Å². The Morgan fingerprint density at radius 1 is 1.45 bits per heavy atom. The fourth-order valence-electron chi connectivity index (χ4n) is 2.22. The molecule has 20 heavy (non-hydrogen) atoms. The van der Waals surface area contributed by atoms with Crippen LogP contribution in [0.25, 0.3) is 0 Å². The Morgan fingerprint density at radius 3 is 2.75 bits per heavy atom. The number of carboxylic acid groups (broad SMARTS) is 1. The van der Waals surface area contributed by atoms with Crippen molar-refractivity contribution in [1.82, 2.24) is 4.31 Å². The Bertz CT molecular complexity index is 614. The topological polar surface area (TPSA) is 74.7 Å². The summed E-state index contributed by atoms with van der Waals surface area (Å²) in [5.41, 5.74) is 0. The quantitative estimate of drug-likeness (QED) is 0.872. The van der Waals surface area contributed by atoms with Crippen LogP contribution in [-0.2, 0) is 14.8 Å². The molecule has 1 aromatic carbocycles. The fraction of sp³-hybridized carbons (Fsp3) is 0.417. The molecule has 0 aliphatic carbocycles. The minimum atomic E-state index is -3.80. The molecule has 1 atom stereocenters. The lowest BCUT2D eigenvalue weighted by Gasteiger charge is -2.30. The molecule has 1 unspecified atom stereocenters. The summed E-state index contributed by atoms with van der Waals surface area (Å²) in [4.78, 5) is 11.0. The van der Waals surface area contributed by atoms with Crippen molar-refractivity contribution in [3.05, 3.63) is 27.7 Å². The predicted octanol–water partition coefficient (Wildman–Crippen LogP) is 2.59. The van der Waals surface area contributed by atoms with Crippen LogP contribution >= 0.6 is 27.5 Å². The average molecular weight is 383 g/mol. The van der Waals surface area contributed by atoms with Crippen molar-refractivity contribution < 1.29 is 18.3 Å². The summed E-state index contributed by atoms with van der Waals surface area (Å²) < 4.78 is 26.8. The van der Waals surface area contributed by atoms with E-state index in [4.69, 9.17) is 16.7 Å². The molecule has 8 heteroatoms. The number of piperidine rings is 1. The number of aliphatic carboxylic acids is 1. The lowest BCUT2D eigenvalue weighted by molar-refractivity contribution is -0.142. The second kappa shape index (κ2) is 6.01. The van der Waals surface area contributed by atoms with Gasteiger partial charge in [-0.1, -0.05) is 17.7 Å². The van der Waals surface area contributed by atoms with Crippen LogP contribution in [0.5, 0.6) is 0 Å². The van der Waals surface area contributed by atoms with Crippen molar-refractivity contribution in [3.8, 4) is 0 Å². The summed E-state index contributed by atoms with van der Waals surface area (Å²) in [6.07, 6.45) is 1.02. The molecular formula is C12H13BrClNO4S. The van der Waals surface area contributed by atoms with Gasteiger partial charge in [-0.15, -0.1) is 0 Å². The lowest BCUT2D eigenvalue weighted by Crippen LogP contribution is -2.42. The van der Waals surface area contributed by atoms with E-state index in [-0.39, 0.29) is 16.5 Å². The molecule has 0 radical (unpaired) electrons. The molecule has 0 spiro atoms. The lowest BCUT2D eigenvalue weighted by atomic mass is 10.0. The average Bonchev–Trinajstić information content (AvgIpc) is 2.38. The van der Waals surface area contributed by atoms with Crippen molar-refractivity contribution in [2.75, 3.05) is 13.1 Å². The Balaban J connectivity index is 2.38. The summed E-state index contributed by atoms with van der Waals surface area (Å²) in [6, 6.07) is 4.73. The Morgan fingerprint density at radius 2 is 2.15 bits per heavy atom. The normalized spacial score (nSPS) is 20.8. The van der Waals surface area contributed by atoms with Crippen molar-refractivity contribution >= 4 is 43.5 Å². The fourth-order valence-corrected chi connectivity index (χ4v) is 5.41. The number of rotatable bonds is 3. The monoisotopic (exact) mass is 381 g/mol. The van der Waals surface area contributed by atoms with Crippen molar-refractivity contribution in [3.63, 3.8) is 0 Å². The minimum Gasteiger partial charge on any atom is -0.481 e. The van der Waals surface area contributed by atoms with Crippen molar-refractivity contribution in [2.45, 2.75) is 17.7 Å². The van der Waals surface area contributed by atoms with E-state index in [1.165, 1.54) is 10.4 Å². The van der Waals surface area contributed by atoms with Crippen LogP contribution in [0.3, 0.4) is 0 Å². The first-order valence-corrected chi connectivity index (χ1v) is 8.62. The van der Waals surface area contributed by atoms with E-state index in [9.17, 15) is 13.2 Å². The van der Waals surface area contributed by atoms with Gasteiger partial charge in [0.05, 0.1) is 10.9 Å². The zero-order valence-corrected chi connectivity index (χ0v) is 13.6. The number of carbonyl (C=O) groups is 1. The van der Waals surface area contributed by atoms with Crippen LogP contribution in [0, 0.1) is 5.92 Å². The second-order valence-electron chi connectivity index (χ2n) is 4.59. The van der Waals surface area contributed by atoms with Gasteiger partial charge in [-0.25, -0.2) is 8.42 Å². The molecule has 0 bridgehead atoms. The molecule has 5 nitrogen and oxygen atoms in total. The van der Waals surface area contributed by atoms with Gasteiger partial charge in [0.1, 0.15) is 4.90 Å². The van der Waals surface area contributed by atoms with Gasteiger partial charge in [-0.2, -0.15) is 4.31 Å². The SMILES string of the molecule is O=C(O)C1CCCN(S(=O)(=O)c2c(Cl)cccc2Br)C1. The van der Waals surface area contributed by atoms with E-state index in [2.05, 4.69) is 15.9 Å². The van der Waals surface area contributed by atoms with E-state index in [1.807, 2.05) is 0 Å². The number of hydrogen-bond acceptors (Lipinski definition) is 3. The van der Waals surface area contributed by atoms with Gasteiger partial charge in [0.25, 0.3) is 0 Å². The van der Waals surface area contributed by atoms with E-state index in [1.54, 1.807) is 12.1 Å². The van der Waals surface area contributed by atoms with E-state index in [0.717, 1.165) is 0 Å². The number of nitrogens with zero attached hydrogens (tertiary/aromatic N) is 1. The highest BCUT2D eigenvalue weighted by Gasteiger charge is 2.35. The predicted molar refractivity (Wildman–Crippen MR) is 78.3 cm³/mol. The Labute approximate surface area is 130 Å². The molecule has 2 rings (SSSR count). The minimum absolute atomic E-state index is 0.00675. The molecule has 1 fully saturated rings. The van der Waals surface area contributed by atoms with Crippen molar-refractivity contribution in [1.29, 1.82) is 0 Å². The maximum Gasteiger partial charge on any atom is 0.307 e. The van der Waals surface area contributed by atoms with Crippen LogP contribution in [0.1, 0.15) is 12.8 Å². The van der Waals surface area contributed by atoms with Gasteiger partial charge in [-0.05, 0) is 40.9 Å². The third-order valence-corrected chi connectivity index (χ3v) is 6.57. The number of benzene rings is 1. The van der Waals surface area contributed by atoms with Gasteiger partial charge in [0.15, 0.2) is 0 Å². The van der Waals surface area contributed by atoms with Gasteiger partial charge < -0.3 is 5.11 Å². The first-order valence-electron chi connectivity index (χ1n) is 6.01. The summed E-state index contributed by atoms with van der Waals surface area (Å²) in [6.45, 7) is 0.291. The molecule has 1 N–H and O–H groups in total. The van der Waals surface area contributed by atoms with Crippen LogP contribution in [0.4, 0.5) is 0 Å². The number of carboxylic acids is 1. The van der Waals surface area contributed by atoms with Gasteiger partial charge >= 0.3 is 5.97 Å². The van der Waals surface area contributed by atoms with Crippen LogP contribution in [0.2, 0.25) is 5.02 Å². The highest BCUT2D eigenvalue weighted by molar-refractivity contribution is 9.10. The zero-order valence-electron chi connectivity index (χ0n) is 10.4. The summed E-state index contributed by atoms with van der Waals surface area (Å²) in [7, 11) is -3.80. The van der Waals surface area contributed by atoms with Crippen molar-refractivity contribution in [2.24, 2.45) is 5.92 Å². The molecule has 1 heterocycles. The molecule has 0 aromatic heterocycles. The molecule has 1 aliphatic rings. The molecule has 110 valence electrons. The smallest absolute Gasteiger partial charge is 0.307 e. The number of hydrogen-bond donors (Lipinski definition) is 1. The molecule has 1 saturated heterocycles. The Hall–Kier alpha value is -0.630. The third kappa shape index (κ3) is 3.00. The largest absolute Gasteiger partial charge is 0.481 e. The second-order valence-corrected chi connectivity index (χ2v) is 7.73. The molecule has 1 aromatic rings. The first kappa shape index (κ1) is 15.8. The summed E-state index contributed by atoms with van der Waals surface area (Å²) in [5, 5.41) is 9.17. The Kier molecular flexibility index (Phi) is 4.73. The maximum atomic E-state index is 12.6. The van der Waals surface area contributed by atoms with Crippen LogP contribution in [-0.4, -0.2) is 36.9 Å². The molecule has 0 saturated carbocycles. The van der Waals surface area contributed by atoms with Gasteiger partial charge in [0, 0.05) is 17.6 Å². The van der Waals surface area contributed by atoms with Gasteiger partial charge in [0.2, 0.25) is 10.0 Å². The standard InChI is InChI=1S/C12H13BrClNO4S/c13-9-4-1-5-10(14)11(9)20(18,19)15-6-2-3-8(7-15)12(16)17/h1,4-5,8H,2-3,6-7H2,(H,16,17). The highest BCUT2D eigenvalue weighted by Crippen LogP contribution is 2.33. The number of sulfonamides is 1. The highest BCUT2D eigenvalue weighted by atomic mass is 79.9. The van der Waals surface area contributed by atoms with E-state index < -0.39 is 21.9 Å². The summed E-state index contributed by atoms with van der Waals surface area (Å²) in [5.74, 6) is -1.64. The number of halogens is 2. The zero-order chi connectivity index (χ0) is 14.9. The summed E-state index contributed by atoms with van der Waals surface area (Å²) >= 11 is 9.17. The van der Waals surface area contributed by atoms with E-state index >= 15 is 0 Å². The molecule has 0 amide bonds. The molecular weight excluding hydrogens is 370 g/mol. The maximum absolute atomic E-state index is 12.6. The van der Waals surface area contributed by atoms with E-state index in [0.29, 0.717) is 23.9 Å². The van der Waals surface area contributed by atoms with Gasteiger partial charge in [-0.3, -0.25) is 4.79 Å². The van der Waals surface area contributed by atoms with Crippen LogP contribution < -0.4 is 0 Å². The third-order valence-electron chi connectivity index (χ3n) is 3.25. The molecule has 1 aliphatic heterocycles.